The van der Waals surface area contributed by atoms with E-state index in [-0.39, 0.29) is 28.6 Å². The molecule has 1 aromatic carbocycles. The lowest BCUT2D eigenvalue weighted by molar-refractivity contribution is -0.0197. The highest BCUT2D eigenvalue weighted by Gasteiger charge is 2.54. The molecule has 9 heteroatoms. The molecule has 2 aliphatic carbocycles. The van der Waals surface area contributed by atoms with Gasteiger partial charge < -0.3 is 5.32 Å². The predicted molar refractivity (Wildman–Crippen MR) is 124 cm³/mol. The van der Waals surface area contributed by atoms with Crippen LogP contribution < -0.4 is 10.9 Å². The second-order valence-electron chi connectivity index (χ2n) is 9.62. The van der Waals surface area contributed by atoms with E-state index in [1.807, 2.05) is 24.3 Å². The zero-order chi connectivity index (χ0) is 23.4. The lowest BCUT2D eigenvalue weighted by Gasteiger charge is -2.57. The molecule has 4 aromatic rings. The number of aromatic nitrogens is 5. The molecule has 2 aliphatic rings. The normalized spacial score (nSPS) is 23.5. The Labute approximate surface area is 194 Å². The summed E-state index contributed by atoms with van der Waals surface area (Å²) < 4.78 is 16.2. The van der Waals surface area contributed by atoms with Crippen LogP contribution in [0, 0.1) is 11.2 Å². The summed E-state index contributed by atoms with van der Waals surface area (Å²) in [6, 6.07) is 8.87. The summed E-state index contributed by atoms with van der Waals surface area (Å²) >= 11 is 0. The van der Waals surface area contributed by atoms with Gasteiger partial charge in [-0.05, 0) is 43.2 Å². The van der Waals surface area contributed by atoms with Gasteiger partial charge in [-0.25, -0.2) is 14.5 Å². The molecule has 3 aromatic heterocycles. The van der Waals surface area contributed by atoms with Gasteiger partial charge in [-0.2, -0.15) is 10.2 Å². The summed E-state index contributed by atoms with van der Waals surface area (Å²) in [6.45, 7) is 0. The van der Waals surface area contributed by atoms with Crippen LogP contribution in [-0.2, 0) is 7.05 Å². The molecule has 6 rings (SSSR count). The van der Waals surface area contributed by atoms with Crippen LogP contribution in [0.1, 0.15) is 47.8 Å². The fourth-order valence-corrected chi connectivity index (χ4v) is 5.63. The molecule has 3 heterocycles. The van der Waals surface area contributed by atoms with E-state index in [0.29, 0.717) is 10.9 Å². The van der Waals surface area contributed by atoms with E-state index in [4.69, 9.17) is 0 Å². The van der Waals surface area contributed by atoms with E-state index in [2.05, 4.69) is 25.6 Å². The van der Waals surface area contributed by atoms with Gasteiger partial charge in [-0.3, -0.25) is 14.3 Å². The number of carbonyl (C=O) groups is 1. The Balaban J connectivity index is 1.08. The van der Waals surface area contributed by atoms with Crippen molar-refractivity contribution >= 4 is 16.7 Å². The molecule has 2 fully saturated rings. The van der Waals surface area contributed by atoms with E-state index in [1.54, 1.807) is 24.1 Å². The first kappa shape index (κ1) is 20.7. The molecule has 34 heavy (non-hydrogen) atoms. The summed E-state index contributed by atoms with van der Waals surface area (Å²) in [6.07, 6.45) is 8.53. The fraction of sp³-hybridized carbons (Fsp3) is 0.320. The van der Waals surface area contributed by atoms with Crippen molar-refractivity contribution in [2.24, 2.45) is 12.5 Å². The molecule has 0 saturated heterocycles. The van der Waals surface area contributed by atoms with Crippen LogP contribution in [0.4, 0.5) is 4.39 Å². The molecule has 0 bridgehead atoms. The minimum Gasteiger partial charge on any atom is -0.348 e. The van der Waals surface area contributed by atoms with E-state index < -0.39 is 11.7 Å². The molecule has 0 unspecified atom stereocenters. The fourth-order valence-electron chi connectivity index (χ4n) is 5.63. The maximum absolute atomic E-state index is 14.6. The van der Waals surface area contributed by atoms with Gasteiger partial charge in [0.1, 0.15) is 0 Å². The quantitative estimate of drug-likeness (QED) is 0.488. The zero-order valence-electron chi connectivity index (χ0n) is 18.6. The van der Waals surface area contributed by atoms with E-state index in [0.717, 1.165) is 42.3 Å². The van der Waals surface area contributed by atoms with Gasteiger partial charge in [0, 0.05) is 47.9 Å². The zero-order valence-corrected chi connectivity index (χ0v) is 18.6. The lowest BCUT2D eigenvalue weighted by Crippen LogP contribution is -2.56. The number of amides is 1. The van der Waals surface area contributed by atoms with Crippen molar-refractivity contribution in [1.82, 2.24) is 30.3 Å². The molecular formula is C25H23FN6O2. The van der Waals surface area contributed by atoms with Crippen LogP contribution in [0.2, 0.25) is 0 Å². The Morgan fingerprint density at radius 1 is 1.15 bits per heavy atom. The topological polar surface area (TPSA) is 106 Å². The van der Waals surface area contributed by atoms with Crippen LogP contribution in [0.5, 0.6) is 0 Å². The standard InChI is InChI=1S/C25H23FN6O2/c1-32-13-16(12-28-32)14-6-20(26)22(27-11-14)24(34)29-17-9-25(10-17)7-15(8-25)21-18-4-2-3-5-19(18)23(33)31-30-21/h2-6,11-13,15,17H,7-10H2,1H3,(H,29,34)(H,31,33)/t15-,17-,25?. The van der Waals surface area contributed by atoms with Crippen molar-refractivity contribution < 1.29 is 9.18 Å². The third kappa shape index (κ3) is 3.39. The van der Waals surface area contributed by atoms with Crippen LogP contribution in [0.3, 0.4) is 0 Å². The summed E-state index contributed by atoms with van der Waals surface area (Å²) in [7, 11) is 1.78. The number of aryl methyl sites for hydroxylation is 1. The number of fused-ring (bicyclic) bond motifs is 1. The van der Waals surface area contributed by atoms with Gasteiger partial charge >= 0.3 is 0 Å². The van der Waals surface area contributed by atoms with Gasteiger partial charge in [-0.1, -0.05) is 18.2 Å². The molecule has 8 nitrogen and oxygen atoms in total. The van der Waals surface area contributed by atoms with Gasteiger partial charge in [0.05, 0.1) is 17.3 Å². The first-order valence-electron chi connectivity index (χ1n) is 11.3. The van der Waals surface area contributed by atoms with E-state index >= 15 is 0 Å². The second-order valence-corrected chi connectivity index (χ2v) is 9.62. The number of nitrogens with one attached hydrogen (secondary N) is 2. The average molecular weight is 458 g/mol. The summed E-state index contributed by atoms with van der Waals surface area (Å²) in [5.74, 6) is -0.843. The van der Waals surface area contributed by atoms with Gasteiger partial charge in [0.15, 0.2) is 11.5 Å². The van der Waals surface area contributed by atoms with Crippen LogP contribution >= 0.6 is 0 Å². The number of nitrogens with zero attached hydrogens (tertiary/aromatic N) is 4. The number of hydrogen-bond acceptors (Lipinski definition) is 5. The number of pyridine rings is 1. The van der Waals surface area contributed by atoms with Gasteiger partial charge in [0.2, 0.25) is 0 Å². The Hall–Kier alpha value is -3.88. The minimum atomic E-state index is -0.646. The third-order valence-corrected chi connectivity index (χ3v) is 7.26. The monoisotopic (exact) mass is 458 g/mol. The lowest BCUT2D eigenvalue weighted by atomic mass is 9.49. The Bertz CT molecular complexity index is 1480. The smallest absolute Gasteiger partial charge is 0.273 e. The van der Waals surface area contributed by atoms with E-state index in [1.165, 1.54) is 12.3 Å². The SMILES string of the molecule is Cn1cc(-c2cnc(C(=O)N[C@H]3CC4(C3)C[C@H](c3n[nH]c(=O)c5ccccc53)C4)c(F)c2)cn1. The minimum absolute atomic E-state index is 0.00735. The predicted octanol–water partition coefficient (Wildman–Crippen LogP) is 3.31. The largest absolute Gasteiger partial charge is 0.348 e. The van der Waals surface area contributed by atoms with Crippen LogP contribution in [0.25, 0.3) is 21.9 Å². The van der Waals surface area contributed by atoms with Crippen molar-refractivity contribution in [1.29, 1.82) is 0 Å². The first-order valence-corrected chi connectivity index (χ1v) is 11.3. The molecule has 1 amide bonds. The second kappa shape index (κ2) is 7.58. The molecular weight excluding hydrogens is 435 g/mol. The highest BCUT2D eigenvalue weighted by Crippen LogP contribution is 2.62. The third-order valence-electron chi connectivity index (χ3n) is 7.26. The van der Waals surface area contributed by atoms with Crippen molar-refractivity contribution in [2.45, 2.75) is 37.6 Å². The molecule has 0 aliphatic heterocycles. The number of halogens is 1. The maximum Gasteiger partial charge on any atom is 0.273 e. The summed E-state index contributed by atoms with van der Waals surface area (Å²) in [5, 5.41) is 15.5. The van der Waals surface area contributed by atoms with Crippen molar-refractivity contribution in [3.05, 3.63) is 76.5 Å². The number of rotatable bonds is 4. The number of aromatic amines is 1. The molecule has 0 radical (unpaired) electrons. The number of H-pyrrole nitrogens is 1. The highest BCUT2D eigenvalue weighted by molar-refractivity contribution is 5.93. The number of hydrogen-bond donors (Lipinski definition) is 2. The average Bonchev–Trinajstić information content (AvgIpc) is 3.21. The molecule has 172 valence electrons. The Morgan fingerprint density at radius 2 is 1.91 bits per heavy atom. The molecule has 1 spiro atoms. The van der Waals surface area contributed by atoms with Crippen LogP contribution in [-0.4, -0.2) is 36.9 Å². The van der Waals surface area contributed by atoms with Crippen molar-refractivity contribution in [2.75, 3.05) is 0 Å². The Kier molecular flexibility index (Phi) is 4.62. The first-order chi connectivity index (χ1) is 16.4. The molecule has 0 atom stereocenters. The maximum atomic E-state index is 14.6. The van der Waals surface area contributed by atoms with Gasteiger partial charge in [0.25, 0.3) is 11.5 Å². The van der Waals surface area contributed by atoms with Gasteiger partial charge in [-0.15, -0.1) is 0 Å². The van der Waals surface area contributed by atoms with Crippen molar-refractivity contribution in [3.8, 4) is 11.1 Å². The summed E-state index contributed by atoms with van der Waals surface area (Å²) in [5.41, 5.74) is 2.07. The summed E-state index contributed by atoms with van der Waals surface area (Å²) in [4.78, 5) is 28.7. The Morgan fingerprint density at radius 3 is 2.62 bits per heavy atom. The van der Waals surface area contributed by atoms with Crippen molar-refractivity contribution in [3.63, 3.8) is 0 Å². The molecule has 2 N–H and O–H groups in total. The number of carbonyl (C=O) groups excluding carboxylic acids is 1. The number of benzene rings is 1. The van der Waals surface area contributed by atoms with Crippen LogP contribution in [0.15, 0.2) is 53.7 Å². The molecule has 2 saturated carbocycles. The van der Waals surface area contributed by atoms with E-state index in [9.17, 15) is 14.0 Å². The highest BCUT2D eigenvalue weighted by atomic mass is 19.1.